The number of aromatic amines is 1. The Morgan fingerprint density at radius 1 is 1.20 bits per heavy atom. The number of hydrogen-bond donors (Lipinski definition) is 2. The Morgan fingerprint density at radius 3 is 3.06 bits per heavy atom. The van der Waals surface area contributed by atoms with E-state index < -0.39 is 0 Å². The third-order valence-electron chi connectivity index (χ3n) is 7.84. The van der Waals surface area contributed by atoms with Gasteiger partial charge in [-0.15, -0.1) is 0 Å². The van der Waals surface area contributed by atoms with E-state index in [1.165, 1.54) is 11.1 Å². The first-order valence-corrected chi connectivity index (χ1v) is 12.8. The van der Waals surface area contributed by atoms with Gasteiger partial charge in [-0.25, -0.2) is 15.0 Å². The number of ether oxygens (including phenoxy) is 1. The molecule has 4 heterocycles. The summed E-state index contributed by atoms with van der Waals surface area (Å²) in [7, 11) is 0. The summed E-state index contributed by atoms with van der Waals surface area (Å²) in [5, 5.41) is 3.09. The van der Waals surface area contributed by atoms with Crippen LogP contribution in [0.3, 0.4) is 0 Å². The molecular weight excluding hydrogens is 442 g/mol. The van der Waals surface area contributed by atoms with Crippen molar-refractivity contribution >= 4 is 22.9 Å². The van der Waals surface area contributed by atoms with Gasteiger partial charge in [-0.3, -0.25) is 9.69 Å². The van der Waals surface area contributed by atoms with E-state index in [1.807, 2.05) is 0 Å². The molecule has 2 saturated heterocycles. The summed E-state index contributed by atoms with van der Waals surface area (Å²) in [6, 6.07) is 7.55. The maximum atomic E-state index is 11.5. The maximum Gasteiger partial charge on any atom is 0.217 e. The first-order valence-electron chi connectivity index (χ1n) is 12.8. The smallest absolute Gasteiger partial charge is 0.217 e. The van der Waals surface area contributed by atoms with Crippen molar-refractivity contribution in [2.45, 2.75) is 63.6 Å². The van der Waals surface area contributed by atoms with Crippen LogP contribution in [-0.4, -0.2) is 75.1 Å². The number of nitrogens with zero attached hydrogens (tertiary/aromatic N) is 5. The van der Waals surface area contributed by atoms with Crippen molar-refractivity contribution in [2.75, 3.05) is 31.1 Å². The number of nitrogens with one attached hydrogen (secondary N) is 2. The molecule has 1 amide bonds. The van der Waals surface area contributed by atoms with Gasteiger partial charge in [-0.1, -0.05) is 12.1 Å². The summed E-state index contributed by atoms with van der Waals surface area (Å²) < 4.78 is 6.53. The van der Waals surface area contributed by atoms with Gasteiger partial charge in [-0.05, 0) is 55.7 Å². The Morgan fingerprint density at radius 2 is 2.14 bits per heavy atom. The minimum absolute atomic E-state index is 0.0673. The summed E-state index contributed by atoms with van der Waals surface area (Å²) in [6.07, 6.45) is 9.74. The number of amides is 1. The standard InChI is InChI=1S/C26H33N7O2/c1-17(34)31-19-9-11-32(13-19)20-8-7-18-4-2-6-23(22(18)12-20)35-14-21-5-3-10-33(21)26-24-25(28-15-27-24)29-16-30-26/h2,4,6,15-16,19-21H,3,5,7-14H2,1H3,(H,31,34)(H,27,28,29,30). The molecule has 35 heavy (non-hydrogen) atoms. The van der Waals surface area contributed by atoms with Crippen molar-refractivity contribution in [3.63, 3.8) is 0 Å². The van der Waals surface area contributed by atoms with Crippen LogP contribution in [0.5, 0.6) is 5.75 Å². The lowest BCUT2D eigenvalue weighted by Crippen LogP contribution is -2.41. The molecule has 2 fully saturated rings. The van der Waals surface area contributed by atoms with Gasteiger partial charge >= 0.3 is 0 Å². The third-order valence-corrected chi connectivity index (χ3v) is 7.84. The Hall–Kier alpha value is -3.20. The van der Waals surface area contributed by atoms with Crippen LogP contribution in [0.25, 0.3) is 11.2 Å². The second-order valence-electron chi connectivity index (χ2n) is 10.1. The molecule has 9 heteroatoms. The molecule has 2 aromatic heterocycles. The van der Waals surface area contributed by atoms with Crippen molar-refractivity contribution in [1.82, 2.24) is 30.2 Å². The van der Waals surface area contributed by atoms with E-state index in [-0.39, 0.29) is 18.0 Å². The van der Waals surface area contributed by atoms with Crippen molar-refractivity contribution in [1.29, 1.82) is 0 Å². The molecule has 6 rings (SSSR count). The van der Waals surface area contributed by atoms with Gasteiger partial charge in [0.15, 0.2) is 11.5 Å². The molecule has 0 radical (unpaired) electrons. The van der Waals surface area contributed by atoms with E-state index in [0.29, 0.717) is 18.3 Å². The molecule has 3 atom stereocenters. The number of rotatable bonds is 6. The number of aryl methyl sites for hydroxylation is 1. The molecular formula is C26H33N7O2. The quantitative estimate of drug-likeness (QED) is 0.565. The van der Waals surface area contributed by atoms with Gasteiger partial charge in [0.25, 0.3) is 0 Å². The van der Waals surface area contributed by atoms with E-state index >= 15 is 0 Å². The molecule has 2 aliphatic heterocycles. The van der Waals surface area contributed by atoms with Crippen molar-refractivity contribution < 1.29 is 9.53 Å². The van der Waals surface area contributed by atoms with Gasteiger partial charge in [0, 0.05) is 38.6 Å². The third kappa shape index (κ3) is 4.45. The Labute approximate surface area is 205 Å². The number of anilines is 1. The van der Waals surface area contributed by atoms with Gasteiger partial charge in [0.2, 0.25) is 5.91 Å². The normalized spacial score (nSPS) is 24.6. The van der Waals surface area contributed by atoms with Crippen LogP contribution in [-0.2, 0) is 17.6 Å². The predicted molar refractivity (Wildman–Crippen MR) is 134 cm³/mol. The number of imidazole rings is 1. The number of hydrogen-bond acceptors (Lipinski definition) is 7. The molecule has 3 unspecified atom stereocenters. The molecule has 1 aromatic carbocycles. The summed E-state index contributed by atoms with van der Waals surface area (Å²) in [4.78, 5) is 32.7. The van der Waals surface area contributed by atoms with Crippen LogP contribution < -0.4 is 15.0 Å². The fourth-order valence-corrected chi connectivity index (χ4v) is 6.15. The van der Waals surface area contributed by atoms with Crippen LogP contribution in [0.1, 0.15) is 43.7 Å². The number of benzene rings is 1. The Bertz CT molecular complexity index is 1210. The number of carbonyl (C=O) groups is 1. The summed E-state index contributed by atoms with van der Waals surface area (Å²) in [5.41, 5.74) is 4.36. The number of likely N-dealkylation sites (tertiary alicyclic amines) is 1. The van der Waals surface area contributed by atoms with Crippen LogP contribution in [0, 0.1) is 0 Å². The average Bonchev–Trinajstić information content (AvgIpc) is 3.62. The predicted octanol–water partition coefficient (Wildman–Crippen LogP) is 2.47. The zero-order valence-electron chi connectivity index (χ0n) is 20.2. The highest BCUT2D eigenvalue weighted by molar-refractivity contribution is 5.83. The first kappa shape index (κ1) is 22.3. The fraction of sp³-hybridized carbons (Fsp3) is 0.538. The molecule has 3 aliphatic rings. The van der Waals surface area contributed by atoms with E-state index in [2.05, 4.69) is 53.3 Å². The van der Waals surface area contributed by atoms with Crippen LogP contribution in [0.4, 0.5) is 5.82 Å². The molecule has 0 bridgehead atoms. The SMILES string of the molecule is CC(=O)NC1CCN(C2CCc3cccc(OCC4CCCN4c4ncnc5nc[nH]c45)c3C2)C1. The molecule has 184 valence electrons. The van der Waals surface area contributed by atoms with Crippen molar-refractivity contribution in [2.24, 2.45) is 0 Å². The highest BCUT2D eigenvalue weighted by atomic mass is 16.5. The number of aromatic nitrogens is 4. The topological polar surface area (TPSA) is 99.3 Å². The zero-order valence-corrected chi connectivity index (χ0v) is 20.2. The largest absolute Gasteiger partial charge is 0.491 e. The second kappa shape index (κ2) is 9.45. The van der Waals surface area contributed by atoms with E-state index in [4.69, 9.17) is 4.74 Å². The summed E-state index contributed by atoms with van der Waals surface area (Å²) in [5.74, 6) is 2.00. The Kier molecular flexibility index (Phi) is 6.01. The minimum Gasteiger partial charge on any atom is -0.491 e. The van der Waals surface area contributed by atoms with Crippen LogP contribution in [0.2, 0.25) is 0 Å². The van der Waals surface area contributed by atoms with E-state index in [1.54, 1.807) is 19.6 Å². The number of fused-ring (bicyclic) bond motifs is 2. The molecule has 1 aliphatic carbocycles. The molecule has 9 nitrogen and oxygen atoms in total. The van der Waals surface area contributed by atoms with Crippen LogP contribution in [0.15, 0.2) is 30.9 Å². The van der Waals surface area contributed by atoms with Gasteiger partial charge < -0.3 is 19.9 Å². The summed E-state index contributed by atoms with van der Waals surface area (Å²) >= 11 is 0. The highest BCUT2D eigenvalue weighted by Gasteiger charge is 2.33. The maximum absolute atomic E-state index is 11.5. The molecule has 3 aromatic rings. The molecule has 0 saturated carbocycles. The van der Waals surface area contributed by atoms with Gasteiger partial charge in [0.1, 0.15) is 24.2 Å². The Balaban J connectivity index is 1.15. The first-order chi connectivity index (χ1) is 17.2. The lowest BCUT2D eigenvalue weighted by molar-refractivity contribution is -0.119. The average molecular weight is 476 g/mol. The fourth-order valence-electron chi connectivity index (χ4n) is 6.15. The lowest BCUT2D eigenvalue weighted by atomic mass is 9.87. The molecule has 2 N–H and O–H groups in total. The van der Waals surface area contributed by atoms with Crippen molar-refractivity contribution in [3.05, 3.63) is 42.0 Å². The number of carbonyl (C=O) groups excluding carboxylic acids is 1. The minimum atomic E-state index is 0.0673. The highest BCUT2D eigenvalue weighted by Crippen LogP contribution is 2.34. The van der Waals surface area contributed by atoms with Gasteiger partial charge in [-0.2, -0.15) is 0 Å². The zero-order chi connectivity index (χ0) is 23.8. The second-order valence-corrected chi connectivity index (χ2v) is 10.1. The summed E-state index contributed by atoms with van der Waals surface area (Å²) in [6.45, 7) is 5.19. The monoisotopic (exact) mass is 475 g/mol. The van der Waals surface area contributed by atoms with E-state index in [9.17, 15) is 4.79 Å². The molecule has 0 spiro atoms. The lowest BCUT2D eigenvalue weighted by Gasteiger charge is -2.33. The van der Waals surface area contributed by atoms with E-state index in [0.717, 1.165) is 75.2 Å². The van der Waals surface area contributed by atoms with Gasteiger partial charge in [0.05, 0.1) is 12.4 Å². The van der Waals surface area contributed by atoms with Crippen LogP contribution >= 0.6 is 0 Å². The number of H-pyrrole nitrogens is 1. The van der Waals surface area contributed by atoms with Crippen molar-refractivity contribution in [3.8, 4) is 5.75 Å².